The van der Waals surface area contributed by atoms with Crippen LogP contribution in [0, 0.1) is 0 Å². The molecule has 0 radical (unpaired) electrons. The molecule has 1 atom stereocenters. The summed E-state index contributed by atoms with van der Waals surface area (Å²) in [5.74, 6) is -2.07. The number of fused-ring (bicyclic) bond motifs is 2. The SMILES string of the molecule is O=C(N[C@@H](Cc1ccc(-c2ncc3ccccc3c2C(F)(F)F)c2ccccc12)C(=O)O)c1c(Cl)cccc1Cl. The van der Waals surface area contributed by atoms with E-state index in [2.05, 4.69) is 10.3 Å². The molecule has 40 heavy (non-hydrogen) atoms. The Bertz CT molecular complexity index is 1770. The van der Waals surface area contributed by atoms with Crippen LogP contribution in [0.5, 0.6) is 0 Å². The summed E-state index contributed by atoms with van der Waals surface area (Å²) < 4.78 is 43.1. The van der Waals surface area contributed by atoms with Gasteiger partial charge in [0, 0.05) is 23.6 Å². The number of carbonyl (C=O) groups is 2. The molecule has 0 aliphatic carbocycles. The monoisotopic (exact) mass is 582 g/mol. The second kappa shape index (κ2) is 10.8. The number of amides is 1. The van der Waals surface area contributed by atoms with E-state index in [1.165, 1.54) is 30.5 Å². The summed E-state index contributed by atoms with van der Waals surface area (Å²) in [6.07, 6.45) is -3.43. The van der Waals surface area contributed by atoms with Crippen LogP contribution < -0.4 is 5.32 Å². The third-order valence-corrected chi connectivity index (χ3v) is 7.20. The summed E-state index contributed by atoms with van der Waals surface area (Å²) in [6, 6.07) is 19.0. The Morgan fingerprint density at radius 1 is 0.850 bits per heavy atom. The Morgan fingerprint density at radius 2 is 1.48 bits per heavy atom. The molecular formula is C30H19Cl2F3N2O3. The van der Waals surface area contributed by atoms with Crippen molar-refractivity contribution in [2.45, 2.75) is 18.6 Å². The molecule has 0 saturated carbocycles. The summed E-state index contributed by atoms with van der Waals surface area (Å²) in [4.78, 5) is 29.2. The van der Waals surface area contributed by atoms with Crippen LogP contribution in [0.25, 0.3) is 32.8 Å². The molecular weight excluding hydrogens is 564 g/mol. The third-order valence-electron chi connectivity index (χ3n) is 6.57. The van der Waals surface area contributed by atoms with Crippen LogP contribution >= 0.6 is 23.2 Å². The molecule has 0 saturated heterocycles. The molecule has 0 spiro atoms. The number of alkyl halides is 3. The van der Waals surface area contributed by atoms with E-state index in [0.29, 0.717) is 21.7 Å². The zero-order valence-corrected chi connectivity index (χ0v) is 22.0. The highest BCUT2D eigenvalue weighted by Crippen LogP contribution is 2.42. The van der Waals surface area contributed by atoms with E-state index in [1.807, 2.05) is 0 Å². The molecule has 2 N–H and O–H groups in total. The predicted molar refractivity (Wildman–Crippen MR) is 149 cm³/mol. The standard InChI is InChI=1S/C30H19Cl2F3N2O3/c31-22-10-5-11-23(32)25(22)28(38)37-24(29(39)40)14-16-12-13-21(20-9-4-3-7-18(16)20)27-26(30(33,34)35)19-8-2-1-6-17(19)15-36-27/h1-13,15,24H,14H2,(H,37,38)(H,39,40)/t24-/m0/s1. The minimum absolute atomic E-state index is 0.0278. The van der Waals surface area contributed by atoms with Gasteiger partial charge in [0.15, 0.2) is 0 Å². The molecule has 5 nitrogen and oxygen atoms in total. The van der Waals surface area contributed by atoms with Gasteiger partial charge in [0.25, 0.3) is 5.91 Å². The minimum atomic E-state index is -4.68. The summed E-state index contributed by atoms with van der Waals surface area (Å²) in [5.41, 5.74) is -0.386. The summed E-state index contributed by atoms with van der Waals surface area (Å²) in [6.45, 7) is 0. The van der Waals surface area contributed by atoms with Gasteiger partial charge in [-0.05, 0) is 33.9 Å². The van der Waals surface area contributed by atoms with Crippen LogP contribution in [0.2, 0.25) is 10.0 Å². The number of halogens is 5. The molecule has 10 heteroatoms. The van der Waals surface area contributed by atoms with Crippen LogP contribution in [0.1, 0.15) is 21.5 Å². The lowest BCUT2D eigenvalue weighted by Crippen LogP contribution is -2.42. The molecule has 4 aromatic carbocycles. The first kappa shape index (κ1) is 27.4. The van der Waals surface area contributed by atoms with E-state index in [9.17, 15) is 27.9 Å². The van der Waals surface area contributed by atoms with Gasteiger partial charge in [-0.25, -0.2) is 4.79 Å². The van der Waals surface area contributed by atoms with E-state index in [-0.39, 0.29) is 38.7 Å². The zero-order chi connectivity index (χ0) is 28.6. The number of hydrogen-bond donors (Lipinski definition) is 2. The molecule has 0 aliphatic heterocycles. The van der Waals surface area contributed by atoms with Crippen LogP contribution in [0.3, 0.4) is 0 Å². The highest BCUT2D eigenvalue weighted by molar-refractivity contribution is 6.39. The average Bonchev–Trinajstić information content (AvgIpc) is 2.91. The van der Waals surface area contributed by atoms with Crippen molar-refractivity contribution in [3.8, 4) is 11.3 Å². The molecule has 1 heterocycles. The number of pyridine rings is 1. The minimum Gasteiger partial charge on any atom is -0.480 e. The number of benzene rings is 4. The van der Waals surface area contributed by atoms with E-state index < -0.39 is 29.7 Å². The van der Waals surface area contributed by atoms with Crippen LogP contribution in [0.15, 0.2) is 85.1 Å². The maximum absolute atomic E-state index is 14.4. The van der Waals surface area contributed by atoms with Crippen molar-refractivity contribution >= 4 is 56.6 Å². The van der Waals surface area contributed by atoms with Gasteiger partial charge >= 0.3 is 12.1 Å². The van der Waals surface area contributed by atoms with Crippen LogP contribution in [-0.2, 0) is 17.4 Å². The Balaban J connectivity index is 1.58. The number of aromatic nitrogens is 1. The Hall–Kier alpha value is -4.14. The van der Waals surface area contributed by atoms with Crippen molar-refractivity contribution in [2.75, 3.05) is 0 Å². The molecule has 1 aromatic heterocycles. The van der Waals surface area contributed by atoms with Gasteiger partial charge in [-0.1, -0.05) is 89.9 Å². The van der Waals surface area contributed by atoms with Crippen LogP contribution in [0.4, 0.5) is 13.2 Å². The highest BCUT2D eigenvalue weighted by Gasteiger charge is 2.37. The van der Waals surface area contributed by atoms with E-state index in [0.717, 1.165) is 0 Å². The van der Waals surface area contributed by atoms with Crippen molar-refractivity contribution in [2.24, 2.45) is 0 Å². The normalized spacial score (nSPS) is 12.4. The lowest BCUT2D eigenvalue weighted by molar-refractivity contribution is -0.139. The lowest BCUT2D eigenvalue weighted by atomic mass is 9.91. The van der Waals surface area contributed by atoms with E-state index in [1.54, 1.807) is 54.6 Å². The summed E-state index contributed by atoms with van der Waals surface area (Å²) >= 11 is 12.2. The number of carboxylic acid groups (broad SMARTS) is 1. The largest absolute Gasteiger partial charge is 0.480 e. The maximum Gasteiger partial charge on any atom is 0.419 e. The van der Waals surface area contributed by atoms with Crippen molar-refractivity contribution in [3.63, 3.8) is 0 Å². The van der Waals surface area contributed by atoms with Gasteiger partial charge in [-0.15, -0.1) is 0 Å². The lowest BCUT2D eigenvalue weighted by Gasteiger charge is -2.19. The van der Waals surface area contributed by atoms with Crippen molar-refractivity contribution < 1.29 is 27.9 Å². The highest BCUT2D eigenvalue weighted by atomic mass is 35.5. The Labute approximate surface area is 236 Å². The predicted octanol–water partition coefficient (Wildman–Crippen LogP) is 7.81. The maximum atomic E-state index is 14.4. The van der Waals surface area contributed by atoms with Gasteiger partial charge in [-0.2, -0.15) is 13.2 Å². The zero-order valence-electron chi connectivity index (χ0n) is 20.5. The fraction of sp³-hybridized carbons (Fsp3) is 0.100. The molecule has 0 bridgehead atoms. The quantitative estimate of drug-likeness (QED) is 0.214. The molecule has 0 aliphatic rings. The number of nitrogens with zero attached hydrogens (tertiary/aromatic N) is 1. The number of carbonyl (C=O) groups excluding carboxylic acids is 1. The molecule has 0 fully saturated rings. The first-order valence-electron chi connectivity index (χ1n) is 12.0. The van der Waals surface area contributed by atoms with Gasteiger partial charge in [0.05, 0.1) is 26.9 Å². The van der Waals surface area contributed by atoms with E-state index in [4.69, 9.17) is 23.2 Å². The van der Waals surface area contributed by atoms with Gasteiger partial charge in [0.1, 0.15) is 6.04 Å². The molecule has 1 amide bonds. The summed E-state index contributed by atoms with van der Waals surface area (Å²) in [7, 11) is 0. The second-order valence-corrected chi connectivity index (χ2v) is 9.86. The smallest absolute Gasteiger partial charge is 0.419 e. The molecule has 5 aromatic rings. The fourth-order valence-electron chi connectivity index (χ4n) is 4.77. The first-order valence-corrected chi connectivity index (χ1v) is 12.8. The fourth-order valence-corrected chi connectivity index (χ4v) is 5.33. The Morgan fingerprint density at radius 3 is 2.12 bits per heavy atom. The molecule has 5 rings (SSSR count). The first-order chi connectivity index (χ1) is 19.1. The van der Waals surface area contributed by atoms with Crippen LogP contribution in [-0.4, -0.2) is 28.0 Å². The van der Waals surface area contributed by atoms with Gasteiger partial charge < -0.3 is 10.4 Å². The molecule has 0 unspecified atom stereocenters. The second-order valence-electron chi connectivity index (χ2n) is 9.05. The van der Waals surface area contributed by atoms with E-state index >= 15 is 0 Å². The average molecular weight is 583 g/mol. The van der Waals surface area contributed by atoms with Gasteiger partial charge in [-0.3, -0.25) is 9.78 Å². The van der Waals surface area contributed by atoms with Crippen molar-refractivity contribution in [1.82, 2.24) is 10.3 Å². The number of hydrogen-bond acceptors (Lipinski definition) is 3. The number of rotatable bonds is 6. The Kier molecular flexibility index (Phi) is 7.40. The summed E-state index contributed by atoms with van der Waals surface area (Å²) in [5, 5.41) is 13.8. The number of carboxylic acids is 1. The topological polar surface area (TPSA) is 79.3 Å². The number of aliphatic carboxylic acids is 1. The molecule has 202 valence electrons. The van der Waals surface area contributed by atoms with Crippen molar-refractivity contribution in [3.05, 3.63) is 112 Å². The number of nitrogens with one attached hydrogen (secondary N) is 1. The third kappa shape index (κ3) is 5.20. The van der Waals surface area contributed by atoms with Gasteiger partial charge in [0.2, 0.25) is 0 Å². The van der Waals surface area contributed by atoms with Crippen molar-refractivity contribution in [1.29, 1.82) is 0 Å².